The lowest BCUT2D eigenvalue weighted by Crippen LogP contribution is -2.37. The molecule has 1 saturated heterocycles. The topological polar surface area (TPSA) is 75.4 Å². The van der Waals surface area contributed by atoms with E-state index in [0.29, 0.717) is 18.5 Å². The van der Waals surface area contributed by atoms with E-state index in [4.69, 9.17) is 0 Å². The van der Waals surface area contributed by atoms with E-state index in [0.717, 1.165) is 12.5 Å². The molecule has 0 spiro atoms. The van der Waals surface area contributed by atoms with Crippen LogP contribution in [-0.4, -0.2) is 44.1 Å². The van der Waals surface area contributed by atoms with Gasteiger partial charge in [0.05, 0.1) is 11.8 Å². The van der Waals surface area contributed by atoms with Crippen LogP contribution in [0.4, 0.5) is 4.39 Å². The van der Waals surface area contributed by atoms with Crippen molar-refractivity contribution in [1.82, 2.24) is 14.7 Å². The van der Waals surface area contributed by atoms with Crippen LogP contribution in [-0.2, 0) is 7.05 Å². The third-order valence-corrected chi connectivity index (χ3v) is 4.29. The van der Waals surface area contributed by atoms with Gasteiger partial charge in [0, 0.05) is 32.3 Å². The number of halogens is 1. The number of likely N-dealkylation sites (tertiary alicyclic amines) is 1. The number of hydrogen-bond donors (Lipinski definition) is 1. The molecule has 7 heteroatoms. The summed E-state index contributed by atoms with van der Waals surface area (Å²) in [4.78, 5) is 26.4. The molecule has 1 fully saturated rings. The van der Waals surface area contributed by atoms with Crippen LogP contribution in [0.2, 0.25) is 0 Å². The van der Waals surface area contributed by atoms with E-state index in [1.807, 2.05) is 0 Å². The Morgan fingerprint density at radius 1 is 1.42 bits per heavy atom. The monoisotopic (exact) mass is 331 g/mol. The van der Waals surface area contributed by atoms with Crippen LogP contribution in [0.1, 0.15) is 40.0 Å². The van der Waals surface area contributed by atoms with Crippen LogP contribution in [0.3, 0.4) is 0 Å². The lowest BCUT2D eigenvalue weighted by molar-refractivity contribution is 0.0710. The van der Waals surface area contributed by atoms with E-state index in [-0.39, 0.29) is 29.6 Å². The number of aryl methyl sites for hydroxylation is 1. The van der Waals surface area contributed by atoms with Crippen molar-refractivity contribution < 1.29 is 19.1 Å². The molecule has 2 aromatic rings. The van der Waals surface area contributed by atoms with Crippen LogP contribution in [0, 0.1) is 5.82 Å². The molecule has 1 aliphatic rings. The molecular weight excluding hydrogens is 313 g/mol. The van der Waals surface area contributed by atoms with Crippen molar-refractivity contribution in [3.8, 4) is 5.75 Å². The number of benzene rings is 1. The predicted molar refractivity (Wildman–Crippen MR) is 84.3 cm³/mol. The van der Waals surface area contributed by atoms with Crippen LogP contribution >= 0.6 is 0 Å². The molecule has 0 radical (unpaired) electrons. The van der Waals surface area contributed by atoms with Crippen molar-refractivity contribution in [1.29, 1.82) is 0 Å². The molecule has 1 unspecified atom stereocenters. The standard InChI is InChI=1S/C17H18FN3O3/c1-20-10-11(9-19-20)15(23)8-12-4-3-7-21(12)17(24)16-13(18)5-2-6-14(16)22/h2,5-6,9-10,12,22H,3-4,7-8H2,1H3. The fraction of sp³-hybridized carbons (Fsp3) is 0.353. The Morgan fingerprint density at radius 3 is 2.88 bits per heavy atom. The zero-order valence-corrected chi connectivity index (χ0v) is 13.3. The largest absolute Gasteiger partial charge is 0.507 e. The summed E-state index contributed by atoms with van der Waals surface area (Å²) in [5.74, 6) is -1.83. The minimum absolute atomic E-state index is 0.106. The number of ketones is 1. The van der Waals surface area contributed by atoms with Crippen molar-refractivity contribution >= 4 is 11.7 Å². The Balaban J connectivity index is 1.78. The first-order chi connectivity index (χ1) is 11.5. The maximum absolute atomic E-state index is 13.9. The van der Waals surface area contributed by atoms with Crippen molar-refractivity contribution in [2.24, 2.45) is 7.05 Å². The van der Waals surface area contributed by atoms with Gasteiger partial charge in [-0.2, -0.15) is 5.10 Å². The lowest BCUT2D eigenvalue weighted by Gasteiger charge is -2.24. The minimum Gasteiger partial charge on any atom is -0.507 e. The third kappa shape index (κ3) is 3.02. The number of phenolic OH excluding ortho intramolecular Hbond substituents is 1. The first-order valence-corrected chi connectivity index (χ1v) is 7.77. The highest BCUT2D eigenvalue weighted by molar-refractivity contribution is 5.99. The SMILES string of the molecule is Cn1cc(C(=O)CC2CCCN2C(=O)c2c(O)cccc2F)cn1. The van der Waals surface area contributed by atoms with Gasteiger partial charge < -0.3 is 10.0 Å². The summed E-state index contributed by atoms with van der Waals surface area (Å²) >= 11 is 0. The van der Waals surface area contributed by atoms with Crippen molar-refractivity contribution in [3.63, 3.8) is 0 Å². The van der Waals surface area contributed by atoms with Gasteiger partial charge in [0.15, 0.2) is 5.78 Å². The Bertz CT molecular complexity index is 767. The highest BCUT2D eigenvalue weighted by Gasteiger charge is 2.33. The summed E-state index contributed by atoms with van der Waals surface area (Å²) in [6.45, 7) is 0.442. The Morgan fingerprint density at radius 2 is 2.21 bits per heavy atom. The Kier molecular flexibility index (Phi) is 4.33. The second kappa shape index (κ2) is 6.43. The van der Waals surface area contributed by atoms with Crippen molar-refractivity contribution in [2.45, 2.75) is 25.3 Å². The fourth-order valence-electron chi connectivity index (χ4n) is 3.08. The minimum atomic E-state index is -0.760. The van der Waals surface area contributed by atoms with Gasteiger partial charge in [-0.1, -0.05) is 6.07 Å². The number of rotatable bonds is 4. The molecule has 1 amide bonds. The highest BCUT2D eigenvalue weighted by Crippen LogP contribution is 2.28. The molecule has 1 aromatic heterocycles. The molecule has 0 bridgehead atoms. The molecule has 0 aliphatic carbocycles. The van der Waals surface area contributed by atoms with E-state index in [9.17, 15) is 19.1 Å². The van der Waals surface area contributed by atoms with Crippen LogP contribution in [0.15, 0.2) is 30.6 Å². The van der Waals surface area contributed by atoms with Gasteiger partial charge in [0.25, 0.3) is 5.91 Å². The summed E-state index contributed by atoms with van der Waals surface area (Å²) in [7, 11) is 1.73. The van der Waals surface area contributed by atoms with Crippen molar-refractivity contribution in [2.75, 3.05) is 6.54 Å². The molecule has 1 atom stereocenters. The summed E-state index contributed by atoms with van der Waals surface area (Å²) in [6, 6.07) is 3.46. The number of carbonyl (C=O) groups is 2. The molecule has 126 valence electrons. The van der Waals surface area contributed by atoms with Gasteiger partial charge >= 0.3 is 0 Å². The van der Waals surface area contributed by atoms with Gasteiger partial charge in [0.1, 0.15) is 17.1 Å². The van der Waals surface area contributed by atoms with Gasteiger partial charge in [0.2, 0.25) is 0 Å². The fourth-order valence-corrected chi connectivity index (χ4v) is 3.08. The summed E-state index contributed by atoms with van der Waals surface area (Å²) < 4.78 is 15.5. The number of amides is 1. The zero-order chi connectivity index (χ0) is 17.3. The van der Waals surface area contributed by atoms with E-state index in [2.05, 4.69) is 5.10 Å². The number of Topliss-reactive ketones (excluding diaryl/α,β-unsaturated/α-hetero) is 1. The van der Waals surface area contributed by atoms with Gasteiger partial charge in [-0.3, -0.25) is 14.3 Å². The summed E-state index contributed by atoms with van der Waals surface area (Å²) in [6.07, 6.45) is 4.70. The molecule has 2 heterocycles. The van der Waals surface area contributed by atoms with Crippen molar-refractivity contribution in [3.05, 3.63) is 47.5 Å². The first kappa shape index (κ1) is 16.2. The molecule has 24 heavy (non-hydrogen) atoms. The van der Waals surface area contributed by atoms with Gasteiger partial charge in [-0.15, -0.1) is 0 Å². The lowest BCUT2D eigenvalue weighted by atomic mass is 10.0. The van der Waals surface area contributed by atoms with Crippen LogP contribution in [0.25, 0.3) is 0 Å². The maximum Gasteiger partial charge on any atom is 0.260 e. The molecule has 6 nitrogen and oxygen atoms in total. The maximum atomic E-state index is 13.9. The average molecular weight is 331 g/mol. The van der Waals surface area contributed by atoms with Gasteiger partial charge in [-0.25, -0.2) is 4.39 Å². The van der Waals surface area contributed by atoms with Gasteiger partial charge in [-0.05, 0) is 25.0 Å². The first-order valence-electron chi connectivity index (χ1n) is 7.77. The number of nitrogens with zero attached hydrogens (tertiary/aromatic N) is 3. The summed E-state index contributed by atoms with van der Waals surface area (Å²) in [5.41, 5.74) is 0.156. The molecule has 1 N–H and O–H groups in total. The predicted octanol–water partition coefficient (Wildman–Crippen LogP) is 2.14. The van der Waals surface area contributed by atoms with E-state index < -0.39 is 11.7 Å². The molecule has 1 aliphatic heterocycles. The van der Waals surface area contributed by atoms with E-state index in [1.165, 1.54) is 23.2 Å². The number of carbonyl (C=O) groups excluding carboxylic acids is 2. The highest BCUT2D eigenvalue weighted by atomic mass is 19.1. The third-order valence-electron chi connectivity index (χ3n) is 4.29. The number of phenols is 1. The molecule has 3 rings (SSSR count). The average Bonchev–Trinajstić information content (AvgIpc) is 3.16. The zero-order valence-electron chi connectivity index (χ0n) is 13.3. The van der Waals surface area contributed by atoms with E-state index >= 15 is 0 Å². The van der Waals surface area contributed by atoms with E-state index in [1.54, 1.807) is 17.9 Å². The van der Waals surface area contributed by atoms with Crippen LogP contribution < -0.4 is 0 Å². The number of hydrogen-bond acceptors (Lipinski definition) is 4. The molecule has 0 saturated carbocycles. The number of aromatic hydroxyl groups is 1. The summed E-state index contributed by atoms with van der Waals surface area (Å²) in [5, 5.41) is 13.8. The molecular formula is C17H18FN3O3. The smallest absolute Gasteiger partial charge is 0.260 e. The quantitative estimate of drug-likeness (QED) is 0.871. The Labute approximate surface area is 138 Å². The normalized spacial score (nSPS) is 17.2. The Hall–Kier alpha value is -2.70. The number of aromatic nitrogens is 2. The second-order valence-electron chi connectivity index (χ2n) is 5.96. The molecule has 1 aromatic carbocycles. The second-order valence-corrected chi connectivity index (χ2v) is 5.96. The van der Waals surface area contributed by atoms with Crippen LogP contribution in [0.5, 0.6) is 5.75 Å².